The van der Waals surface area contributed by atoms with Gasteiger partial charge in [0.15, 0.2) is 0 Å². The van der Waals surface area contributed by atoms with Crippen molar-refractivity contribution in [2.24, 2.45) is 13.0 Å². The fourth-order valence-electron chi connectivity index (χ4n) is 4.58. The van der Waals surface area contributed by atoms with Crippen LogP contribution in [-0.2, 0) is 18.4 Å². The third-order valence-corrected chi connectivity index (χ3v) is 6.27. The van der Waals surface area contributed by atoms with Gasteiger partial charge < -0.3 is 15.0 Å². The van der Waals surface area contributed by atoms with Crippen LogP contribution < -0.4 is 10.1 Å². The number of benzene rings is 2. The van der Waals surface area contributed by atoms with Crippen molar-refractivity contribution in [3.8, 4) is 11.5 Å². The van der Waals surface area contributed by atoms with Crippen LogP contribution in [-0.4, -0.2) is 34.2 Å². The molecule has 1 fully saturated rings. The Balaban J connectivity index is 1.46. The molecule has 1 aliphatic heterocycles. The Labute approximate surface area is 188 Å². The van der Waals surface area contributed by atoms with Crippen molar-refractivity contribution in [3.63, 3.8) is 0 Å². The molecule has 2 heterocycles. The standard InChI is InChI=1S/C25H29FN4O2/c1-16-24(17(2)30(4)28-16)25-19(12-23(31)29(25)3)15-27-14-18-8-5-6-11-22(18)32-21-10-7-9-20(26)13-21/h5-11,13,19,25,27H,12,14-15H2,1-4H3/t19-,25+/m1/s1. The van der Waals surface area contributed by atoms with Crippen molar-refractivity contribution in [2.75, 3.05) is 13.6 Å². The molecule has 0 saturated carbocycles. The van der Waals surface area contributed by atoms with Gasteiger partial charge >= 0.3 is 0 Å². The summed E-state index contributed by atoms with van der Waals surface area (Å²) in [6, 6.07) is 13.8. The summed E-state index contributed by atoms with van der Waals surface area (Å²) in [5.41, 5.74) is 4.17. The lowest BCUT2D eigenvalue weighted by Gasteiger charge is -2.26. The molecule has 0 aliphatic carbocycles. The molecule has 1 N–H and O–H groups in total. The van der Waals surface area contributed by atoms with Crippen LogP contribution in [0, 0.1) is 25.6 Å². The van der Waals surface area contributed by atoms with Gasteiger partial charge in [0.1, 0.15) is 17.3 Å². The van der Waals surface area contributed by atoms with E-state index in [1.807, 2.05) is 54.9 Å². The van der Waals surface area contributed by atoms with E-state index < -0.39 is 0 Å². The first-order valence-electron chi connectivity index (χ1n) is 10.8. The van der Waals surface area contributed by atoms with Gasteiger partial charge in [0.05, 0.1) is 11.7 Å². The molecule has 32 heavy (non-hydrogen) atoms. The molecule has 0 radical (unpaired) electrons. The number of nitrogens with one attached hydrogen (secondary N) is 1. The highest BCUT2D eigenvalue weighted by molar-refractivity contribution is 5.79. The topological polar surface area (TPSA) is 59.4 Å². The van der Waals surface area contributed by atoms with Crippen molar-refractivity contribution < 1.29 is 13.9 Å². The fraction of sp³-hybridized carbons (Fsp3) is 0.360. The lowest BCUT2D eigenvalue weighted by molar-refractivity contribution is -0.127. The van der Waals surface area contributed by atoms with E-state index in [-0.39, 0.29) is 23.7 Å². The normalized spacial score (nSPS) is 18.4. The number of carbonyl (C=O) groups excluding carboxylic acids is 1. The van der Waals surface area contributed by atoms with Gasteiger partial charge in [-0.1, -0.05) is 24.3 Å². The summed E-state index contributed by atoms with van der Waals surface area (Å²) in [5.74, 6) is 1.11. The molecule has 0 spiro atoms. The highest BCUT2D eigenvalue weighted by Crippen LogP contribution is 2.39. The number of ether oxygens (including phenoxy) is 1. The van der Waals surface area contributed by atoms with Crippen LogP contribution in [0.25, 0.3) is 0 Å². The largest absolute Gasteiger partial charge is 0.457 e. The predicted octanol–water partition coefficient (Wildman–Crippen LogP) is 4.28. The number of rotatable bonds is 7. The van der Waals surface area contributed by atoms with E-state index in [9.17, 15) is 9.18 Å². The van der Waals surface area contributed by atoms with Gasteiger partial charge in [-0.25, -0.2) is 4.39 Å². The molecule has 1 saturated heterocycles. The Hall–Kier alpha value is -3.19. The number of nitrogens with zero attached hydrogens (tertiary/aromatic N) is 3. The highest BCUT2D eigenvalue weighted by Gasteiger charge is 2.40. The second kappa shape index (κ2) is 9.12. The highest BCUT2D eigenvalue weighted by atomic mass is 19.1. The van der Waals surface area contributed by atoms with Gasteiger partial charge in [-0.05, 0) is 32.0 Å². The maximum atomic E-state index is 13.5. The lowest BCUT2D eigenvalue weighted by atomic mass is 9.92. The maximum Gasteiger partial charge on any atom is 0.223 e. The Morgan fingerprint density at radius 1 is 1.16 bits per heavy atom. The monoisotopic (exact) mass is 436 g/mol. The van der Waals surface area contributed by atoms with Crippen LogP contribution in [0.15, 0.2) is 48.5 Å². The smallest absolute Gasteiger partial charge is 0.223 e. The van der Waals surface area contributed by atoms with Crippen LogP contribution >= 0.6 is 0 Å². The van der Waals surface area contributed by atoms with E-state index in [0.29, 0.717) is 31.0 Å². The minimum Gasteiger partial charge on any atom is -0.457 e. The lowest BCUT2D eigenvalue weighted by Crippen LogP contribution is -2.30. The van der Waals surface area contributed by atoms with E-state index in [4.69, 9.17) is 4.74 Å². The third kappa shape index (κ3) is 4.39. The molecular formula is C25H29FN4O2. The minimum atomic E-state index is -0.333. The predicted molar refractivity (Wildman–Crippen MR) is 121 cm³/mol. The summed E-state index contributed by atoms with van der Waals surface area (Å²) < 4.78 is 21.3. The van der Waals surface area contributed by atoms with Gasteiger partial charge in [-0.3, -0.25) is 9.48 Å². The molecule has 7 heteroatoms. The molecular weight excluding hydrogens is 407 g/mol. The SMILES string of the molecule is Cc1nn(C)c(C)c1[C@@H]1[C@@H](CNCc2ccccc2Oc2cccc(F)c2)CC(=O)N1C. The van der Waals surface area contributed by atoms with Crippen LogP contribution in [0.5, 0.6) is 11.5 Å². The molecule has 1 amide bonds. The third-order valence-electron chi connectivity index (χ3n) is 6.27. The molecule has 168 valence electrons. The average molecular weight is 437 g/mol. The molecule has 3 aromatic rings. The first-order chi connectivity index (χ1) is 15.3. The molecule has 1 aromatic heterocycles. The zero-order chi connectivity index (χ0) is 22.8. The number of amides is 1. The Morgan fingerprint density at radius 3 is 2.66 bits per heavy atom. The van der Waals surface area contributed by atoms with Crippen LogP contribution in [0.1, 0.15) is 35.0 Å². The Morgan fingerprint density at radius 2 is 1.94 bits per heavy atom. The summed E-state index contributed by atoms with van der Waals surface area (Å²) in [6.45, 7) is 5.32. The molecule has 2 atom stereocenters. The Kier molecular flexibility index (Phi) is 6.28. The first kappa shape index (κ1) is 22.0. The van der Waals surface area contributed by atoms with E-state index in [2.05, 4.69) is 17.3 Å². The number of likely N-dealkylation sites (tertiary alicyclic amines) is 1. The van der Waals surface area contributed by atoms with Crippen molar-refractivity contribution in [1.82, 2.24) is 20.0 Å². The van der Waals surface area contributed by atoms with E-state index in [1.165, 1.54) is 12.1 Å². The number of carbonyl (C=O) groups is 1. The molecule has 0 bridgehead atoms. The van der Waals surface area contributed by atoms with E-state index >= 15 is 0 Å². The number of aromatic nitrogens is 2. The molecule has 6 nitrogen and oxygen atoms in total. The molecule has 1 aliphatic rings. The van der Waals surface area contributed by atoms with Gasteiger partial charge in [-0.2, -0.15) is 5.10 Å². The number of para-hydroxylation sites is 1. The van der Waals surface area contributed by atoms with Gasteiger partial charge in [0, 0.05) is 62.4 Å². The number of aryl methyl sites for hydroxylation is 2. The van der Waals surface area contributed by atoms with Gasteiger partial charge in [0.2, 0.25) is 5.91 Å². The second-order valence-electron chi connectivity index (χ2n) is 8.42. The van der Waals surface area contributed by atoms with Crippen LogP contribution in [0.4, 0.5) is 4.39 Å². The maximum absolute atomic E-state index is 13.5. The molecule has 0 unspecified atom stereocenters. The molecule has 4 rings (SSSR count). The number of halogens is 1. The first-order valence-corrected chi connectivity index (χ1v) is 10.8. The summed E-state index contributed by atoms with van der Waals surface area (Å²) in [5, 5.41) is 8.06. The zero-order valence-corrected chi connectivity index (χ0v) is 18.9. The van der Waals surface area contributed by atoms with Gasteiger partial charge in [0.25, 0.3) is 0 Å². The minimum absolute atomic E-state index is 0.00230. The van der Waals surface area contributed by atoms with Crippen molar-refractivity contribution in [1.29, 1.82) is 0 Å². The average Bonchev–Trinajstić information content (AvgIpc) is 3.17. The van der Waals surface area contributed by atoms with E-state index in [1.54, 1.807) is 12.1 Å². The zero-order valence-electron chi connectivity index (χ0n) is 18.9. The van der Waals surface area contributed by atoms with Gasteiger partial charge in [-0.15, -0.1) is 0 Å². The van der Waals surface area contributed by atoms with Crippen LogP contribution in [0.3, 0.4) is 0 Å². The fourth-order valence-corrected chi connectivity index (χ4v) is 4.58. The van der Waals surface area contributed by atoms with E-state index in [0.717, 1.165) is 22.5 Å². The second-order valence-corrected chi connectivity index (χ2v) is 8.42. The van der Waals surface area contributed by atoms with Crippen molar-refractivity contribution in [2.45, 2.75) is 32.9 Å². The summed E-state index contributed by atoms with van der Waals surface area (Å²) >= 11 is 0. The summed E-state index contributed by atoms with van der Waals surface area (Å²) in [6.07, 6.45) is 0.503. The van der Waals surface area contributed by atoms with Crippen LogP contribution in [0.2, 0.25) is 0 Å². The quantitative estimate of drug-likeness (QED) is 0.601. The number of hydrogen-bond acceptors (Lipinski definition) is 4. The Bertz CT molecular complexity index is 1130. The van der Waals surface area contributed by atoms with Crippen molar-refractivity contribution >= 4 is 5.91 Å². The van der Waals surface area contributed by atoms with Crippen molar-refractivity contribution in [3.05, 3.63) is 76.9 Å². The summed E-state index contributed by atoms with van der Waals surface area (Å²) in [7, 11) is 3.81. The summed E-state index contributed by atoms with van der Waals surface area (Å²) in [4.78, 5) is 14.4. The molecule has 2 aromatic carbocycles. The number of hydrogen-bond donors (Lipinski definition) is 1.